The van der Waals surface area contributed by atoms with Gasteiger partial charge in [0.2, 0.25) is 0 Å². The van der Waals surface area contributed by atoms with Crippen LogP contribution in [0.5, 0.6) is 0 Å². The van der Waals surface area contributed by atoms with Gasteiger partial charge in [-0.3, -0.25) is 4.79 Å². The van der Waals surface area contributed by atoms with E-state index in [1.165, 1.54) is 19.3 Å². The molecule has 0 radical (unpaired) electrons. The number of rotatable bonds is 6. The molecule has 1 aliphatic rings. The highest BCUT2D eigenvalue weighted by atomic mass is 16.2. The topological polar surface area (TPSA) is 37.3 Å². The molecular formula is C13H24O2. The van der Waals surface area contributed by atoms with E-state index in [0.717, 1.165) is 44.9 Å². The number of hydrogen-bond donors (Lipinski definition) is 1. The van der Waals surface area contributed by atoms with Gasteiger partial charge < -0.3 is 5.11 Å². The molecule has 15 heavy (non-hydrogen) atoms. The van der Waals surface area contributed by atoms with Crippen molar-refractivity contribution in [1.82, 2.24) is 0 Å². The van der Waals surface area contributed by atoms with E-state index >= 15 is 0 Å². The van der Waals surface area contributed by atoms with Gasteiger partial charge in [0, 0.05) is 18.9 Å². The van der Waals surface area contributed by atoms with Gasteiger partial charge in [-0.05, 0) is 25.7 Å². The van der Waals surface area contributed by atoms with E-state index in [9.17, 15) is 4.79 Å². The Kier molecular flexibility index (Phi) is 6.66. The Morgan fingerprint density at radius 2 is 1.87 bits per heavy atom. The standard InChI is InChI=1S/C13H24O2/c14-11-7-2-1-4-8-12-9-5-3-6-10-13(12)15/h12,14H,1-11H2. The fraction of sp³-hybridized carbons (Fsp3) is 0.923. The Bertz CT molecular complexity index is 177. The minimum absolute atomic E-state index is 0.308. The summed E-state index contributed by atoms with van der Waals surface area (Å²) in [5.41, 5.74) is 0. The second-order valence-electron chi connectivity index (χ2n) is 4.69. The number of aliphatic hydroxyl groups excluding tert-OH is 1. The first kappa shape index (κ1) is 12.7. The summed E-state index contributed by atoms with van der Waals surface area (Å²) < 4.78 is 0. The third kappa shape index (κ3) is 5.31. The lowest BCUT2D eigenvalue weighted by Crippen LogP contribution is -2.12. The van der Waals surface area contributed by atoms with Gasteiger partial charge in [0.05, 0.1) is 0 Å². The molecule has 0 aromatic rings. The zero-order chi connectivity index (χ0) is 10.9. The van der Waals surface area contributed by atoms with Crippen LogP contribution in [0.2, 0.25) is 0 Å². The van der Waals surface area contributed by atoms with Crippen LogP contribution in [0, 0.1) is 5.92 Å². The van der Waals surface area contributed by atoms with Crippen LogP contribution in [-0.2, 0) is 4.79 Å². The highest BCUT2D eigenvalue weighted by Crippen LogP contribution is 2.24. The molecule has 1 aliphatic carbocycles. The van der Waals surface area contributed by atoms with Gasteiger partial charge in [0.1, 0.15) is 5.78 Å². The fourth-order valence-corrected chi connectivity index (χ4v) is 2.39. The second kappa shape index (κ2) is 7.86. The van der Waals surface area contributed by atoms with Gasteiger partial charge in [-0.15, -0.1) is 0 Å². The molecule has 0 aromatic heterocycles. The van der Waals surface area contributed by atoms with E-state index in [4.69, 9.17) is 5.11 Å². The summed E-state index contributed by atoms with van der Waals surface area (Å²) in [6.45, 7) is 0.308. The number of carbonyl (C=O) groups is 1. The number of Topliss-reactive ketones (excluding diaryl/α,β-unsaturated/α-hetero) is 1. The van der Waals surface area contributed by atoms with Crippen LogP contribution in [0.25, 0.3) is 0 Å². The lowest BCUT2D eigenvalue weighted by molar-refractivity contribution is -0.122. The lowest BCUT2D eigenvalue weighted by Gasteiger charge is -2.12. The summed E-state index contributed by atoms with van der Waals surface area (Å²) in [7, 11) is 0. The maximum atomic E-state index is 11.7. The molecule has 1 fully saturated rings. The number of carbonyl (C=O) groups excluding carboxylic acids is 1. The van der Waals surface area contributed by atoms with Crippen molar-refractivity contribution in [2.24, 2.45) is 5.92 Å². The molecule has 0 spiro atoms. The third-order valence-corrected chi connectivity index (χ3v) is 3.39. The van der Waals surface area contributed by atoms with E-state index in [1.807, 2.05) is 0 Å². The minimum atomic E-state index is 0.308. The van der Waals surface area contributed by atoms with Crippen molar-refractivity contribution >= 4 is 5.78 Å². The van der Waals surface area contributed by atoms with Crippen molar-refractivity contribution in [2.75, 3.05) is 6.61 Å². The van der Waals surface area contributed by atoms with Crippen molar-refractivity contribution in [3.05, 3.63) is 0 Å². The Balaban J connectivity index is 2.10. The van der Waals surface area contributed by atoms with Crippen LogP contribution < -0.4 is 0 Å². The van der Waals surface area contributed by atoms with Gasteiger partial charge in [0.15, 0.2) is 0 Å². The molecule has 1 atom stereocenters. The average Bonchev–Trinajstić information content (AvgIpc) is 2.44. The van der Waals surface area contributed by atoms with Gasteiger partial charge in [0.25, 0.3) is 0 Å². The number of aliphatic hydroxyl groups is 1. The Labute approximate surface area is 93.1 Å². The van der Waals surface area contributed by atoms with Crippen LogP contribution in [-0.4, -0.2) is 17.5 Å². The first-order valence-corrected chi connectivity index (χ1v) is 6.48. The molecule has 0 amide bonds. The van der Waals surface area contributed by atoms with Crippen LogP contribution in [0.15, 0.2) is 0 Å². The van der Waals surface area contributed by atoms with E-state index < -0.39 is 0 Å². The maximum Gasteiger partial charge on any atom is 0.135 e. The number of unbranched alkanes of at least 4 members (excludes halogenated alkanes) is 3. The van der Waals surface area contributed by atoms with Gasteiger partial charge in [-0.25, -0.2) is 0 Å². The van der Waals surface area contributed by atoms with Gasteiger partial charge in [-0.2, -0.15) is 0 Å². The molecule has 2 heteroatoms. The van der Waals surface area contributed by atoms with Crippen LogP contribution >= 0.6 is 0 Å². The molecule has 1 unspecified atom stereocenters. The highest BCUT2D eigenvalue weighted by molar-refractivity contribution is 5.81. The van der Waals surface area contributed by atoms with Crippen LogP contribution in [0.1, 0.15) is 64.2 Å². The summed E-state index contributed by atoms with van der Waals surface area (Å²) in [6, 6.07) is 0. The quantitative estimate of drug-likeness (QED) is 0.542. The normalized spacial score (nSPS) is 22.7. The minimum Gasteiger partial charge on any atom is -0.396 e. The molecule has 88 valence electrons. The monoisotopic (exact) mass is 212 g/mol. The Morgan fingerprint density at radius 1 is 1.07 bits per heavy atom. The summed E-state index contributed by atoms with van der Waals surface area (Å²) in [4.78, 5) is 11.7. The van der Waals surface area contributed by atoms with E-state index in [0.29, 0.717) is 18.3 Å². The largest absolute Gasteiger partial charge is 0.396 e. The van der Waals surface area contributed by atoms with Crippen LogP contribution in [0.4, 0.5) is 0 Å². The lowest BCUT2D eigenvalue weighted by atomic mass is 9.92. The van der Waals surface area contributed by atoms with Gasteiger partial charge in [-0.1, -0.05) is 32.1 Å². The Morgan fingerprint density at radius 3 is 2.67 bits per heavy atom. The first-order chi connectivity index (χ1) is 7.34. The Hall–Kier alpha value is -0.370. The second-order valence-corrected chi connectivity index (χ2v) is 4.69. The van der Waals surface area contributed by atoms with E-state index in [-0.39, 0.29) is 0 Å². The molecule has 0 saturated heterocycles. The summed E-state index contributed by atoms with van der Waals surface area (Å²) in [5, 5.41) is 8.64. The molecule has 0 bridgehead atoms. The van der Waals surface area contributed by atoms with Crippen molar-refractivity contribution in [2.45, 2.75) is 64.2 Å². The molecule has 0 aliphatic heterocycles. The maximum absolute atomic E-state index is 11.7. The van der Waals surface area contributed by atoms with E-state index in [2.05, 4.69) is 0 Å². The SMILES string of the molecule is O=C1CCCCCC1CCCCCCO. The average molecular weight is 212 g/mol. The molecule has 1 N–H and O–H groups in total. The van der Waals surface area contributed by atoms with Crippen molar-refractivity contribution in [3.8, 4) is 0 Å². The zero-order valence-corrected chi connectivity index (χ0v) is 9.71. The van der Waals surface area contributed by atoms with Crippen LogP contribution in [0.3, 0.4) is 0 Å². The van der Waals surface area contributed by atoms with Crippen molar-refractivity contribution < 1.29 is 9.90 Å². The predicted molar refractivity (Wildman–Crippen MR) is 61.8 cm³/mol. The molecule has 0 aromatic carbocycles. The van der Waals surface area contributed by atoms with Gasteiger partial charge >= 0.3 is 0 Å². The molecule has 0 heterocycles. The zero-order valence-electron chi connectivity index (χ0n) is 9.71. The molecule has 2 nitrogen and oxygen atoms in total. The fourth-order valence-electron chi connectivity index (χ4n) is 2.39. The van der Waals surface area contributed by atoms with Crippen molar-refractivity contribution in [3.63, 3.8) is 0 Å². The smallest absolute Gasteiger partial charge is 0.135 e. The van der Waals surface area contributed by atoms with Crippen molar-refractivity contribution in [1.29, 1.82) is 0 Å². The third-order valence-electron chi connectivity index (χ3n) is 3.39. The highest BCUT2D eigenvalue weighted by Gasteiger charge is 2.19. The first-order valence-electron chi connectivity index (χ1n) is 6.48. The molecule has 1 rings (SSSR count). The molecular weight excluding hydrogens is 188 g/mol. The summed E-state index contributed by atoms with van der Waals surface area (Å²) in [5.74, 6) is 0.872. The predicted octanol–water partition coefficient (Wildman–Crippen LogP) is 3.08. The number of ketones is 1. The number of hydrogen-bond acceptors (Lipinski definition) is 2. The molecule has 1 saturated carbocycles. The summed E-state index contributed by atoms with van der Waals surface area (Å²) >= 11 is 0. The summed E-state index contributed by atoms with van der Waals surface area (Å²) in [6.07, 6.45) is 11.0. The van der Waals surface area contributed by atoms with E-state index in [1.54, 1.807) is 0 Å².